The van der Waals surface area contributed by atoms with E-state index in [1.807, 2.05) is 43.0 Å². The van der Waals surface area contributed by atoms with Gasteiger partial charge in [-0.25, -0.2) is 4.67 Å². The van der Waals surface area contributed by atoms with Gasteiger partial charge in [-0.05, 0) is 37.1 Å². The van der Waals surface area contributed by atoms with Crippen molar-refractivity contribution in [2.45, 2.75) is 13.8 Å². The molecule has 0 radical (unpaired) electrons. The maximum atomic E-state index is 6.11. The topological polar surface area (TPSA) is 29.5 Å². The molecule has 0 saturated carbocycles. The standard InChI is InChI=1S/C16H18NO2P/c1-11-7-5-9-13-15(11)16-12(2)8-6-10-14(16)19-20(18-13)17(3)4/h5-10H,1-4H3. The summed E-state index contributed by atoms with van der Waals surface area (Å²) in [6.45, 7) is 4.23. The first kappa shape index (κ1) is 13.3. The number of aryl methyl sites for hydroxylation is 2. The number of rotatable bonds is 1. The molecule has 0 bridgehead atoms. The molecular formula is C16H18NO2P. The predicted octanol–water partition coefficient (Wildman–Crippen LogP) is 5.10. The average Bonchev–Trinajstić information content (AvgIpc) is 2.57. The number of hydrogen-bond donors (Lipinski definition) is 0. The zero-order valence-corrected chi connectivity index (χ0v) is 13.1. The van der Waals surface area contributed by atoms with Gasteiger partial charge in [0.1, 0.15) is 11.2 Å². The van der Waals surface area contributed by atoms with Gasteiger partial charge in [0.15, 0.2) is 0 Å². The molecule has 3 rings (SSSR count). The fourth-order valence-electron chi connectivity index (χ4n) is 2.42. The van der Waals surface area contributed by atoms with Gasteiger partial charge in [0, 0.05) is 24.9 Å². The molecule has 3 nitrogen and oxygen atoms in total. The van der Waals surface area contributed by atoms with Crippen molar-refractivity contribution in [3.8, 4) is 0 Å². The number of fused-ring (bicyclic) bond motifs is 3. The van der Waals surface area contributed by atoms with Crippen LogP contribution in [-0.4, -0.2) is 14.1 Å². The number of hydrogen-bond acceptors (Lipinski definition) is 3. The van der Waals surface area contributed by atoms with E-state index in [1.165, 1.54) is 11.1 Å². The Morgan fingerprint density at radius 2 is 1.25 bits per heavy atom. The molecular weight excluding hydrogens is 269 g/mol. The molecule has 0 unspecified atom stereocenters. The van der Waals surface area contributed by atoms with Gasteiger partial charge in [-0.1, -0.05) is 24.3 Å². The highest BCUT2D eigenvalue weighted by Crippen LogP contribution is 2.37. The molecule has 0 aliphatic carbocycles. The smallest absolute Gasteiger partial charge is 0.309 e. The molecule has 0 aliphatic heterocycles. The van der Waals surface area contributed by atoms with Crippen molar-refractivity contribution in [3.63, 3.8) is 0 Å². The lowest BCUT2D eigenvalue weighted by molar-refractivity contribution is 0.634. The Balaban J connectivity index is 2.65. The summed E-state index contributed by atoms with van der Waals surface area (Å²) < 4.78 is 14.2. The summed E-state index contributed by atoms with van der Waals surface area (Å²) in [6, 6.07) is 12.3. The molecule has 0 N–H and O–H groups in total. The van der Waals surface area contributed by atoms with E-state index in [-0.39, 0.29) is 0 Å². The van der Waals surface area contributed by atoms with Crippen molar-refractivity contribution in [2.24, 2.45) is 0 Å². The van der Waals surface area contributed by atoms with Gasteiger partial charge in [-0.15, -0.1) is 0 Å². The van der Waals surface area contributed by atoms with E-state index < -0.39 is 8.16 Å². The number of nitrogens with zero attached hydrogens (tertiary/aromatic N) is 1. The van der Waals surface area contributed by atoms with E-state index in [2.05, 4.69) is 26.0 Å². The van der Waals surface area contributed by atoms with Crippen LogP contribution >= 0.6 is 8.16 Å². The van der Waals surface area contributed by atoms with Gasteiger partial charge in [0.05, 0.1) is 0 Å². The van der Waals surface area contributed by atoms with Crippen molar-refractivity contribution in [2.75, 3.05) is 18.8 Å². The van der Waals surface area contributed by atoms with Crippen molar-refractivity contribution in [1.29, 1.82) is 0 Å². The Hall–Kier alpha value is -1.70. The summed E-state index contributed by atoms with van der Waals surface area (Å²) in [5.41, 5.74) is 4.21. The second kappa shape index (κ2) is 5.01. The van der Waals surface area contributed by atoms with E-state index in [0.29, 0.717) is 0 Å². The second-order valence-electron chi connectivity index (χ2n) is 5.16. The average molecular weight is 287 g/mol. The molecule has 0 aliphatic rings. The third-order valence-electron chi connectivity index (χ3n) is 3.40. The molecule has 1 aromatic heterocycles. The molecule has 20 heavy (non-hydrogen) atoms. The largest absolute Gasteiger partial charge is 0.408 e. The molecule has 104 valence electrons. The van der Waals surface area contributed by atoms with Crippen LogP contribution in [-0.2, 0) is 0 Å². The first-order chi connectivity index (χ1) is 9.58. The van der Waals surface area contributed by atoms with Gasteiger partial charge in [-0.2, -0.15) is 0 Å². The Labute approximate surface area is 119 Å². The molecule has 3 aromatic rings. The van der Waals surface area contributed by atoms with Crippen LogP contribution in [0.2, 0.25) is 0 Å². The molecule has 0 atom stereocenters. The lowest BCUT2D eigenvalue weighted by atomic mass is 10.0. The molecule has 0 spiro atoms. The van der Waals surface area contributed by atoms with E-state index in [4.69, 9.17) is 8.39 Å². The van der Waals surface area contributed by atoms with Crippen molar-refractivity contribution in [3.05, 3.63) is 47.5 Å². The summed E-state index contributed by atoms with van der Waals surface area (Å²) >= 11 is 0. The van der Waals surface area contributed by atoms with Crippen molar-refractivity contribution >= 4 is 30.1 Å². The van der Waals surface area contributed by atoms with Crippen LogP contribution in [0.5, 0.6) is 0 Å². The van der Waals surface area contributed by atoms with Gasteiger partial charge >= 0.3 is 8.16 Å². The quantitative estimate of drug-likeness (QED) is 0.623. The first-order valence-corrected chi connectivity index (χ1v) is 7.74. The Morgan fingerprint density at radius 3 is 1.65 bits per heavy atom. The van der Waals surface area contributed by atoms with E-state index in [1.54, 1.807) is 0 Å². The third kappa shape index (κ3) is 2.13. The van der Waals surface area contributed by atoms with Crippen LogP contribution in [0.25, 0.3) is 21.9 Å². The van der Waals surface area contributed by atoms with E-state index >= 15 is 0 Å². The molecule has 0 amide bonds. The van der Waals surface area contributed by atoms with Crippen LogP contribution in [0.15, 0.2) is 44.8 Å². The molecule has 1 heterocycles. The summed E-state index contributed by atoms with van der Waals surface area (Å²) in [5.74, 6) is 0. The summed E-state index contributed by atoms with van der Waals surface area (Å²) in [4.78, 5) is 0. The molecule has 0 saturated heterocycles. The van der Waals surface area contributed by atoms with Gasteiger partial charge in [0.25, 0.3) is 0 Å². The zero-order valence-electron chi connectivity index (χ0n) is 12.2. The molecule has 4 heteroatoms. The van der Waals surface area contributed by atoms with Crippen LogP contribution < -0.4 is 4.67 Å². The summed E-state index contributed by atoms with van der Waals surface area (Å²) in [5, 5.41) is 2.29. The third-order valence-corrected chi connectivity index (χ3v) is 4.76. The highest BCUT2D eigenvalue weighted by Gasteiger charge is 2.10. The van der Waals surface area contributed by atoms with Crippen LogP contribution in [0.1, 0.15) is 11.1 Å². The predicted molar refractivity (Wildman–Crippen MR) is 85.9 cm³/mol. The Morgan fingerprint density at radius 1 is 0.800 bits per heavy atom. The zero-order chi connectivity index (χ0) is 14.3. The minimum Gasteiger partial charge on any atom is -0.408 e. The lowest BCUT2D eigenvalue weighted by Gasteiger charge is -2.03. The SMILES string of the molecule is Cc1cccc2op(N(C)C)oc3cccc(C)c3c12. The maximum absolute atomic E-state index is 6.11. The minimum atomic E-state index is -1.12. The van der Waals surface area contributed by atoms with Crippen LogP contribution in [0, 0.1) is 13.8 Å². The van der Waals surface area contributed by atoms with Crippen LogP contribution in [0.3, 0.4) is 0 Å². The van der Waals surface area contributed by atoms with Crippen molar-refractivity contribution in [1.82, 2.24) is 0 Å². The van der Waals surface area contributed by atoms with Gasteiger partial charge in [-0.3, -0.25) is 0 Å². The lowest BCUT2D eigenvalue weighted by Crippen LogP contribution is -2.02. The summed E-state index contributed by atoms with van der Waals surface area (Å²) in [6.07, 6.45) is 0. The maximum Gasteiger partial charge on any atom is 0.309 e. The Bertz CT molecular complexity index is 757. The minimum absolute atomic E-state index is 0.901. The monoisotopic (exact) mass is 287 g/mol. The van der Waals surface area contributed by atoms with Gasteiger partial charge in [0.2, 0.25) is 0 Å². The normalized spacial score (nSPS) is 11.4. The van der Waals surface area contributed by atoms with Gasteiger partial charge < -0.3 is 8.39 Å². The fourth-order valence-corrected chi connectivity index (χ4v) is 3.43. The van der Waals surface area contributed by atoms with Crippen LogP contribution in [0.4, 0.5) is 0 Å². The van der Waals surface area contributed by atoms with Crippen molar-refractivity contribution < 1.29 is 8.39 Å². The van der Waals surface area contributed by atoms with E-state index in [0.717, 1.165) is 21.9 Å². The number of benzene rings is 2. The molecule has 2 aromatic carbocycles. The highest BCUT2D eigenvalue weighted by molar-refractivity contribution is 7.38. The summed E-state index contributed by atoms with van der Waals surface area (Å²) in [7, 11) is 2.83. The second-order valence-corrected chi connectivity index (χ2v) is 6.80. The van der Waals surface area contributed by atoms with E-state index in [9.17, 15) is 0 Å². The first-order valence-electron chi connectivity index (χ1n) is 6.61. The Kier molecular flexibility index (Phi) is 3.33. The molecule has 0 fully saturated rings. The fraction of sp³-hybridized carbons (Fsp3) is 0.250. The highest BCUT2D eigenvalue weighted by atomic mass is 31.1.